The molecule has 0 aliphatic carbocycles. The molecule has 0 N–H and O–H groups in total. The van der Waals surface area contributed by atoms with Gasteiger partial charge in [-0.15, -0.1) is 0 Å². The van der Waals surface area contributed by atoms with Gasteiger partial charge in [-0.25, -0.2) is 4.98 Å². The molecule has 8 heteroatoms. The number of methoxy groups -OCH3 is 1. The number of aldehydes is 1. The highest BCUT2D eigenvalue weighted by Gasteiger charge is 2.19. The summed E-state index contributed by atoms with van der Waals surface area (Å²) in [5.41, 5.74) is 3.32. The summed E-state index contributed by atoms with van der Waals surface area (Å²) in [6, 6.07) is 25.0. The number of carbonyl (C=O) groups is 1. The van der Waals surface area contributed by atoms with Gasteiger partial charge >= 0.3 is 0 Å². The molecule has 1 heterocycles. The Kier molecular flexibility index (Phi) is 6.67. The first-order valence-corrected chi connectivity index (χ1v) is 10.9. The van der Waals surface area contributed by atoms with Crippen LogP contribution in [0.1, 0.15) is 15.9 Å². The van der Waals surface area contributed by atoms with Gasteiger partial charge in [0, 0.05) is 33.7 Å². The number of ether oxygens (including phenoxy) is 1. The maximum absolute atomic E-state index is 11.7. The van der Waals surface area contributed by atoms with Crippen LogP contribution < -0.4 is 4.74 Å². The van der Waals surface area contributed by atoms with Crippen molar-refractivity contribution in [3.8, 4) is 34.2 Å². The number of carbonyl (C=O) groups excluding carboxylic acids is 1. The minimum atomic E-state index is -0.557. The lowest BCUT2D eigenvalue weighted by molar-refractivity contribution is -0.384. The minimum Gasteiger partial charge on any atom is -0.497 e. The second-order valence-electron chi connectivity index (χ2n) is 7.14. The zero-order valence-corrected chi connectivity index (χ0v) is 18.8. The highest BCUT2D eigenvalue weighted by Crippen LogP contribution is 2.38. The number of nitriles is 1. The van der Waals surface area contributed by atoms with Crippen LogP contribution in [0.15, 0.2) is 88.8 Å². The number of aromatic nitrogens is 1. The first kappa shape index (κ1) is 22.7. The summed E-state index contributed by atoms with van der Waals surface area (Å²) in [5, 5.41) is 21.5. The van der Waals surface area contributed by atoms with E-state index in [1.54, 1.807) is 7.11 Å². The largest absolute Gasteiger partial charge is 0.497 e. The summed E-state index contributed by atoms with van der Waals surface area (Å²) < 4.78 is 5.24. The quantitative estimate of drug-likeness (QED) is 0.182. The van der Waals surface area contributed by atoms with E-state index in [2.05, 4.69) is 6.07 Å². The summed E-state index contributed by atoms with van der Waals surface area (Å²) in [4.78, 5) is 27.4. The summed E-state index contributed by atoms with van der Waals surface area (Å²) in [6.45, 7) is 0. The lowest BCUT2D eigenvalue weighted by Crippen LogP contribution is -1.97. The van der Waals surface area contributed by atoms with Crippen molar-refractivity contribution in [2.75, 3.05) is 7.11 Å². The minimum absolute atomic E-state index is 0.154. The van der Waals surface area contributed by atoms with Crippen LogP contribution in [-0.4, -0.2) is 23.3 Å². The molecule has 34 heavy (non-hydrogen) atoms. The number of non-ortho nitro benzene ring substituents is 1. The summed E-state index contributed by atoms with van der Waals surface area (Å²) >= 11 is 1.12. The topological polar surface area (TPSA) is 106 Å². The Hall–Kier alpha value is -4.48. The number of nitro groups is 1. The zero-order valence-electron chi connectivity index (χ0n) is 18.0. The molecule has 0 bridgehead atoms. The first-order chi connectivity index (χ1) is 16.5. The smallest absolute Gasteiger partial charge is 0.270 e. The molecule has 166 valence electrons. The predicted octanol–water partition coefficient (Wildman–Crippen LogP) is 6.17. The van der Waals surface area contributed by atoms with Crippen LogP contribution in [-0.2, 0) is 0 Å². The van der Waals surface area contributed by atoms with Gasteiger partial charge in [-0.2, -0.15) is 5.26 Å². The Balaban J connectivity index is 1.90. The Morgan fingerprint density at radius 2 is 1.76 bits per heavy atom. The fourth-order valence-corrected chi connectivity index (χ4v) is 4.37. The normalized spacial score (nSPS) is 10.4. The van der Waals surface area contributed by atoms with Crippen LogP contribution in [0.5, 0.6) is 5.75 Å². The van der Waals surface area contributed by atoms with Gasteiger partial charge < -0.3 is 4.74 Å². The molecule has 4 aromatic rings. The van der Waals surface area contributed by atoms with Crippen LogP contribution in [0, 0.1) is 21.4 Å². The van der Waals surface area contributed by atoms with E-state index in [1.165, 1.54) is 18.2 Å². The second-order valence-corrected chi connectivity index (χ2v) is 8.17. The summed E-state index contributed by atoms with van der Waals surface area (Å²) in [7, 11) is 1.59. The predicted molar refractivity (Wildman–Crippen MR) is 129 cm³/mol. The molecule has 0 amide bonds. The summed E-state index contributed by atoms with van der Waals surface area (Å²) in [6.07, 6.45) is 0.562. The molecule has 0 atom stereocenters. The number of hydrogen-bond acceptors (Lipinski definition) is 7. The molecule has 7 nitrogen and oxygen atoms in total. The van der Waals surface area contributed by atoms with Crippen molar-refractivity contribution in [2.45, 2.75) is 9.92 Å². The highest BCUT2D eigenvalue weighted by molar-refractivity contribution is 7.99. The molecule has 1 aromatic heterocycles. The molecule has 0 fully saturated rings. The van der Waals surface area contributed by atoms with Crippen LogP contribution in [0.3, 0.4) is 0 Å². The Morgan fingerprint density at radius 3 is 2.38 bits per heavy atom. The lowest BCUT2D eigenvalue weighted by atomic mass is 9.99. The van der Waals surface area contributed by atoms with Crippen molar-refractivity contribution in [3.63, 3.8) is 0 Å². The standard InChI is InChI=1S/C26H17N3O4S/c1-33-21-10-7-18(8-11-21)24-14-22(17-5-3-2-4-6-17)23(15-27)26(28-24)34-25-12-9-20(29(31)32)13-19(25)16-30/h2-14,16H,1H3. The molecule has 3 aromatic carbocycles. The van der Waals surface area contributed by atoms with Crippen LogP contribution in [0.2, 0.25) is 0 Å². The maximum Gasteiger partial charge on any atom is 0.270 e. The van der Waals surface area contributed by atoms with Crippen molar-refractivity contribution in [2.24, 2.45) is 0 Å². The van der Waals surface area contributed by atoms with Gasteiger partial charge in [-0.1, -0.05) is 42.1 Å². The molecular formula is C26H17N3O4S. The highest BCUT2D eigenvalue weighted by atomic mass is 32.2. The van der Waals surface area contributed by atoms with E-state index in [9.17, 15) is 20.2 Å². The number of rotatable bonds is 7. The van der Waals surface area contributed by atoms with E-state index in [-0.39, 0.29) is 11.3 Å². The van der Waals surface area contributed by atoms with E-state index in [0.717, 1.165) is 22.9 Å². The number of nitrogens with zero attached hydrogens (tertiary/aromatic N) is 3. The van der Waals surface area contributed by atoms with Crippen molar-refractivity contribution >= 4 is 23.7 Å². The van der Waals surface area contributed by atoms with Gasteiger partial charge in [0.25, 0.3) is 5.69 Å². The van der Waals surface area contributed by atoms with Crippen molar-refractivity contribution < 1.29 is 14.5 Å². The van der Waals surface area contributed by atoms with E-state index < -0.39 is 4.92 Å². The third-order valence-corrected chi connectivity index (χ3v) is 6.19. The Bertz CT molecular complexity index is 1410. The molecule has 0 saturated carbocycles. The SMILES string of the molecule is COc1ccc(-c2cc(-c3ccccc3)c(C#N)c(Sc3ccc([N+](=O)[O-])cc3C=O)n2)cc1. The summed E-state index contributed by atoms with van der Waals surface area (Å²) in [5.74, 6) is 0.705. The van der Waals surface area contributed by atoms with E-state index in [1.807, 2.05) is 60.7 Å². The van der Waals surface area contributed by atoms with Crippen LogP contribution in [0.4, 0.5) is 5.69 Å². The van der Waals surface area contributed by atoms with E-state index in [4.69, 9.17) is 9.72 Å². The third kappa shape index (κ3) is 4.65. The molecule has 0 radical (unpaired) electrons. The molecular weight excluding hydrogens is 450 g/mol. The number of nitro benzene ring substituents is 1. The first-order valence-electron chi connectivity index (χ1n) is 10.1. The van der Waals surface area contributed by atoms with Crippen molar-refractivity contribution in [1.29, 1.82) is 5.26 Å². The van der Waals surface area contributed by atoms with Gasteiger partial charge in [0.1, 0.15) is 16.8 Å². The average molecular weight is 468 g/mol. The van der Waals surface area contributed by atoms with Crippen molar-refractivity contribution in [1.82, 2.24) is 4.98 Å². The van der Waals surface area contributed by atoms with Crippen LogP contribution in [0.25, 0.3) is 22.4 Å². The zero-order chi connectivity index (χ0) is 24.1. The van der Waals surface area contributed by atoms with Gasteiger partial charge in [0.2, 0.25) is 0 Å². The number of hydrogen-bond donors (Lipinski definition) is 0. The maximum atomic E-state index is 11.7. The fourth-order valence-electron chi connectivity index (χ4n) is 3.40. The third-order valence-electron chi connectivity index (χ3n) is 5.11. The van der Waals surface area contributed by atoms with Gasteiger partial charge in [0.15, 0.2) is 6.29 Å². The van der Waals surface area contributed by atoms with E-state index in [0.29, 0.717) is 38.8 Å². The fraction of sp³-hybridized carbons (Fsp3) is 0.0385. The molecule has 0 aliphatic heterocycles. The number of benzene rings is 3. The van der Waals surface area contributed by atoms with Gasteiger partial charge in [-0.3, -0.25) is 14.9 Å². The van der Waals surface area contributed by atoms with Crippen molar-refractivity contribution in [3.05, 3.63) is 100 Å². The van der Waals surface area contributed by atoms with Gasteiger partial charge in [0.05, 0.1) is 23.3 Å². The second kappa shape index (κ2) is 9.98. The molecule has 0 aliphatic rings. The van der Waals surface area contributed by atoms with Crippen LogP contribution >= 0.6 is 11.8 Å². The molecule has 0 saturated heterocycles. The molecule has 0 spiro atoms. The number of pyridine rings is 1. The monoisotopic (exact) mass is 467 g/mol. The van der Waals surface area contributed by atoms with E-state index >= 15 is 0 Å². The molecule has 0 unspecified atom stereocenters. The Labute approximate surface area is 199 Å². The molecule has 4 rings (SSSR count). The Morgan fingerprint density at radius 1 is 1.03 bits per heavy atom. The van der Waals surface area contributed by atoms with Gasteiger partial charge in [-0.05, 0) is 42.0 Å². The average Bonchev–Trinajstić information content (AvgIpc) is 2.88. The lowest BCUT2D eigenvalue weighted by Gasteiger charge is -2.13.